The van der Waals surface area contributed by atoms with Crippen LogP contribution in [0, 0.1) is 11.6 Å². The van der Waals surface area contributed by atoms with Gasteiger partial charge >= 0.3 is 0 Å². The predicted octanol–water partition coefficient (Wildman–Crippen LogP) is 1.75. The summed E-state index contributed by atoms with van der Waals surface area (Å²) in [5.41, 5.74) is 6.43. The number of benzene rings is 1. The molecule has 0 spiro atoms. The molecule has 2 rings (SSSR count). The van der Waals surface area contributed by atoms with Crippen molar-refractivity contribution in [3.05, 3.63) is 53.6 Å². The third kappa shape index (κ3) is 1.94. The third-order valence-electron chi connectivity index (χ3n) is 2.34. The Labute approximate surface area is 91.5 Å². The highest BCUT2D eigenvalue weighted by atomic mass is 19.1. The van der Waals surface area contributed by atoms with Crippen LogP contribution in [0.2, 0.25) is 0 Å². The zero-order valence-electron chi connectivity index (χ0n) is 8.69. The lowest BCUT2D eigenvalue weighted by atomic mass is 10.0. The molecule has 0 fully saturated rings. The highest BCUT2D eigenvalue weighted by Crippen LogP contribution is 2.21. The minimum Gasteiger partial charge on any atom is -0.340 e. The van der Waals surface area contributed by atoms with Gasteiger partial charge in [0.05, 0.1) is 18.1 Å². The molecule has 1 aromatic heterocycles. The Morgan fingerprint density at radius 3 is 2.75 bits per heavy atom. The summed E-state index contributed by atoms with van der Waals surface area (Å²) >= 11 is 0. The van der Waals surface area contributed by atoms with E-state index in [2.05, 4.69) is 4.98 Å². The highest BCUT2D eigenvalue weighted by Gasteiger charge is 2.16. The summed E-state index contributed by atoms with van der Waals surface area (Å²) in [6.45, 7) is 0. The molecule has 0 saturated heterocycles. The van der Waals surface area contributed by atoms with Crippen LogP contribution in [0.1, 0.15) is 17.3 Å². The normalized spacial score (nSPS) is 12.8. The van der Waals surface area contributed by atoms with E-state index in [0.717, 1.165) is 18.2 Å². The van der Waals surface area contributed by atoms with Gasteiger partial charge in [0.15, 0.2) is 0 Å². The van der Waals surface area contributed by atoms with Gasteiger partial charge in [-0.1, -0.05) is 0 Å². The molecule has 0 bridgehead atoms. The number of hydrogen-bond donors (Lipinski definition) is 1. The van der Waals surface area contributed by atoms with E-state index in [4.69, 9.17) is 5.73 Å². The first-order chi connectivity index (χ1) is 7.58. The number of imidazole rings is 1. The van der Waals surface area contributed by atoms with Gasteiger partial charge in [0, 0.05) is 18.8 Å². The standard InChI is InChI=1S/C11H11F2N3/c1-16-5-10(15-6-16)11(14)8-4-7(12)2-3-9(8)13/h2-6,11H,14H2,1H3. The number of aryl methyl sites for hydroxylation is 1. The fraction of sp³-hybridized carbons (Fsp3) is 0.182. The largest absolute Gasteiger partial charge is 0.340 e. The maximum absolute atomic E-state index is 13.4. The first-order valence-corrected chi connectivity index (χ1v) is 4.76. The maximum Gasteiger partial charge on any atom is 0.128 e. The maximum atomic E-state index is 13.4. The average molecular weight is 223 g/mol. The molecule has 0 aliphatic rings. The Kier molecular flexibility index (Phi) is 2.70. The molecule has 0 aliphatic carbocycles. The Hall–Kier alpha value is -1.75. The van der Waals surface area contributed by atoms with Crippen LogP contribution in [-0.2, 0) is 7.05 Å². The van der Waals surface area contributed by atoms with Gasteiger partial charge in [-0.05, 0) is 18.2 Å². The molecule has 2 aromatic rings. The second-order valence-corrected chi connectivity index (χ2v) is 3.61. The molecule has 0 amide bonds. The third-order valence-corrected chi connectivity index (χ3v) is 2.34. The first kappa shape index (κ1) is 10.8. The summed E-state index contributed by atoms with van der Waals surface area (Å²) in [5, 5.41) is 0. The number of rotatable bonds is 2. The van der Waals surface area contributed by atoms with Crippen molar-refractivity contribution in [2.75, 3.05) is 0 Å². The lowest BCUT2D eigenvalue weighted by Gasteiger charge is -2.10. The molecule has 84 valence electrons. The van der Waals surface area contributed by atoms with E-state index < -0.39 is 17.7 Å². The van der Waals surface area contributed by atoms with E-state index in [1.165, 1.54) is 0 Å². The summed E-state index contributed by atoms with van der Waals surface area (Å²) in [4.78, 5) is 4.01. The Balaban J connectivity index is 2.40. The molecule has 1 heterocycles. The second-order valence-electron chi connectivity index (χ2n) is 3.61. The molecule has 3 nitrogen and oxygen atoms in total. The zero-order chi connectivity index (χ0) is 11.7. The van der Waals surface area contributed by atoms with Gasteiger partial charge in [0.25, 0.3) is 0 Å². The monoisotopic (exact) mass is 223 g/mol. The van der Waals surface area contributed by atoms with Crippen molar-refractivity contribution in [2.45, 2.75) is 6.04 Å². The predicted molar refractivity (Wildman–Crippen MR) is 55.6 cm³/mol. The number of hydrogen-bond acceptors (Lipinski definition) is 2. The Bertz CT molecular complexity index is 508. The average Bonchev–Trinajstić information content (AvgIpc) is 2.67. The van der Waals surface area contributed by atoms with Crippen LogP contribution in [0.15, 0.2) is 30.7 Å². The molecule has 0 saturated carbocycles. The number of nitrogens with two attached hydrogens (primary N) is 1. The zero-order valence-corrected chi connectivity index (χ0v) is 8.69. The molecular formula is C11H11F2N3. The lowest BCUT2D eigenvalue weighted by molar-refractivity contribution is 0.575. The molecule has 0 aliphatic heterocycles. The minimum atomic E-state index is -0.753. The van der Waals surface area contributed by atoms with Crippen molar-refractivity contribution >= 4 is 0 Å². The van der Waals surface area contributed by atoms with E-state index in [1.54, 1.807) is 24.1 Å². The van der Waals surface area contributed by atoms with Gasteiger partial charge in [-0.2, -0.15) is 0 Å². The Morgan fingerprint density at radius 2 is 2.12 bits per heavy atom. The summed E-state index contributed by atoms with van der Waals surface area (Å²) in [6, 6.07) is 2.46. The van der Waals surface area contributed by atoms with Crippen molar-refractivity contribution < 1.29 is 8.78 Å². The topological polar surface area (TPSA) is 43.8 Å². The highest BCUT2D eigenvalue weighted by molar-refractivity contribution is 5.28. The molecule has 1 unspecified atom stereocenters. The van der Waals surface area contributed by atoms with Gasteiger partial charge in [-0.25, -0.2) is 13.8 Å². The van der Waals surface area contributed by atoms with Crippen LogP contribution in [0.3, 0.4) is 0 Å². The SMILES string of the molecule is Cn1cnc(C(N)c2cc(F)ccc2F)c1. The van der Waals surface area contributed by atoms with Crippen LogP contribution < -0.4 is 5.73 Å². The fourth-order valence-corrected chi connectivity index (χ4v) is 1.51. The Morgan fingerprint density at radius 1 is 1.38 bits per heavy atom. The number of aromatic nitrogens is 2. The van der Waals surface area contributed by atoms with Gasteiger partial charge in [-0.3, -0.25) is 0 Å². The fourth-order valence-electron chi connectivity index (χ4n) is 1.51. The summed E-state index contributed by atoms with van der Waals surface area (Å²) in [7, 11) is 1.78. The molecule has 0 radical (unpaired) electrons. The van der Waals surface area contributed by atoms with Crippen LogP contribution >= 0.6 is 0 Å². The molecular weight excluding hydrogens is 212 g/mol. The quantitative estimate of drug-likeness (QED) is 0.842. The van der Waals surface area contributed by atoms with Crippen LogP contribution in [0.5, 0.6) is 0 Å². The van der Waals surface area contributed by atoms with Crippen LogP contribution in [0.4, 0.5) is 8.78 Å². The first-order valence-electron chi connectivity index (χ1n) is 4.76. The smallest absolute Gasteiger partial charge is 0.128 e. The summed E-state index contributed by atoms with van der Waals surface area (Å²) in [5.74, 6) is -1.04. The summed E-state index contributed by atoms with van der Waals surface area (Å²) in [6.07, 6.45) is 3.24. The van der Waals surface area contributed by atoms with E-state index in [1.807, 2.05) is 0 Å². The van der Waals surface area contributed by atoms with E-state index in [-0.39, 0.29) is 5.56 Å². The van der Waals surface area contributed by atoms with Crippen molar-refractivity contribution in [3.63, 3.8) is 0 Å². The molecule has 1 atom stereocenters. The molecule has 2 N–H and O–H groups in total. The molecule has 5 heteroatoms. The van der Waals surface area contributed by atoms with Crippen molar-refractivity contribution in [3.8, 4) is 0 Å². The van der Waals surface area contributed by atoms with Gasteiger partial charge in [-0.15, -0.1) is 0 Å². The van der Waals surface area contributed by atoms with Crippen molar-refractivity contribution in [1.82, 2.24) is 9.55 Å². The van der Waals surface area contributed by atoms with Crippen molar-refractivity contribution in [2.24, 2.45) is 12.8 Å². The number of halogens is 2. The lowest BCUT2D eigenvalue weighted by Crippen LogP contribution is -2.14. The molecule has 1 aromatic carbocycles. The van der Waals surface area contributed by atoms with E-state index >= 15 is 0 Å². The van der Waals surface area contributed by atoms with Crippen LogP contribution in [-0.4, -0.2) is 9.55 Å². The van der Waals surface area contributed by atoms with Crippen molar-refractivity contribution in [1.29, 1.82) is 0 Å². The van der Waals surface area contributed by atoms with Gasteiger partial charge in [0.1, 0.15) is 11.6 Å². The van der Waals surface area contributed by atoms with E-state index in [0.29, 0.717) is 5.69 Å². The minimum absolute atomic E-state index is 0.110. The van der Waals surface area contributed by atoms with Crippen LogP contribution in [0.25, 0.3) is 0 Å². The van der Waals surface area contributed by atoms with Gasteiger partial charge in [0.2, 0.25) is 0 Å². The van der Waals surface area contributed by atoms with Gasteiger partial charge < -0.3 is 10.3 Å². The number of nitrogens with zero attached hydrogens (tertiary/aromatic N) is 2. The second kappa shape index (κ2) is 4.02. The molecule has 16 heavy (non-hydrogen) atoms. The summed E-state index contributed by atoms with van der Waals surface area (Å²) < 4.78 is 28.1. The van der Waals surface area contributed by atoms with E-state index in [9.17, 15) is 8.78 Å².